The molecule has 0 fully saturated rings. The first-order valence-corrected chi connectivity index (χ1v) is 8.12. The lowest BCUT2D eigenvalue weighted by molar-refractivity contribution is 0.211. The van der Waals surface area contributed by atoms with Crippen molar-refractivity contribution in [2.24, 2.45) is 0 Å². The summed E-state index contributed by atoms with van der Waals surface area (Å²) >= 11 is 0. The van der Waals surface area contributed by atoms with Crippen molar-refractivity contribution < 1.29 is 9.47 Å². The highest BCUT2D eigenvalue weighted by molar-refractivity contribution is 5.65. The highest BCUT2D eigenvalue weighted by atomic mass is 16.5. The van der Waals surface area contributed by atoms with Gasteiger partial charge < -0.3 is 20.1 Å². The van der Waals surface area contributed by atoms with Crippen molar-refractivity contribution in [1.29, 1.82) is 0 Å². The lowest BCUT2D eigenvalue weighted by atomic mass is 10.1. The van der Waals surface area contributed by atoms with Crippen molar-refractivity contribution in [2.75, 3.05) is 30.3 Å². The van der Waals surface area contributed by atoms with Gasteiger partial charge in [-0.15, -0.1) is 0 Å². The van der Waals surface area contributed by atoms with Gasteiger partial charge in [-0.2, -0.15) is 0 Å². The first-order chi connectivity index (χ1) is 11.1. The summed E-state index contributed by atoms with van der Waals surface area (Å²) in [6.07, 6.45) is 1.13. The van der Waals surface area contributed by atoms with Crippen molar-refractivity contribution in [3.05, 3.63) is 48.0 Å². The molecule has 0 amide bonds. The van der Waals surface area contributed by atoms with Crippen LogP contribution in [0.3, 0.4) is 0 Å². The average Bonchev–Trinajstić information content (AvgIpc) is 2.52. The maximum atomic E-state index is 5.88. The fraction of sp³-hybridized carbons (Fsp3) is 0.368. The Morgan fingerprint density at radius 3 is 2.78 bits per heavy atom. The Kier molecular flexibility index (Phi) is 4.60. The molecule has 1 aliphatic heterocycles. The zero-order chi connectivity index (χ0) is 16.2. The van der Waals surface area contributed by atoms with Crippen LogP contribution in [0.1, 0.15) is 18.9 Å². The molecule has 0 radical (unpaired) electrons. The Balaban J connectivity index is 1.55. The Morgan fingerprint density at radius 1 is 1.22 bits per heavy atom. The number of nitrogens with two attached hydrogens (primary N) is 1. The molecule has 0 bridgehead atoms. The molecular weight excluding hydrogens is 288 g/mol. The number of fused-ring (bicyclic) bond motifs is 1. The van der Waals surface area contributed by atoms with Gasteiger partial charge in [-0.05, 0) is 44.5 Å². The molecule has 2 aromatic carbocycles. The summed E-state index contributed by atoms with van der Waals surface area (Å²) in [7, 11) is 0. The molecule has 0 spiro atoms. The predicted molar refractivity (Wildman–Crippen MR) is 94.4 cm³/mol. The highest BCUT2D eigenvalue weighted by Crippen LogP contribution is 2.35. The van der Waals surface area contributed by atoms with Gasteiger partial charge >= 0.3 is 0 Å². The lowest BCUT2D eigenvalue weighted by Gasteiger charge is -2.35. The van der Waals surface area contributed by atoms with E-state index in [4.69, 9.17) is 15.2 Å². The smallest absolute Gasteiger partial charge is 0.145 e. The van der Waals surface area contributed by atoms with Crippen LogP contribution in [-0.2, 0) is 0 Å². The second kappa shape index (κ2) is 6.82. The molecule has 4 heteroatoms. The maximum Gasteiger partial charge on any atom is 0.145 e. The Bertz CT molecular complexity index is 655. The molecule has 4 nitrogen and oxygen atoms in total. The molecule has 0 saturated heterocycles. The monoisotopic (exact) mass is 312 g/mol. The van der Waals surface area contributed by atoms with Crippen LogP contribution in [0.4, 0.5) is 11.4 Å². The van der Waals surface area contributed by atoms with Crippen LogP contribution in [0, 0.1) is 6.92 Å². The van der Waals surface area contributed by atoms with E-state index in [0.717, 1.165) is 42.4 Å². The third kappa shape index (κ3) is 3.89. The fourth-order valence-electron chi connectivity index (χ4n) is 2.84. The summed E-state index contributed by atoms with van der Waals surface area (Å²) in [4.78, 5) is 2.35. The van der Waals surface area contributed by atoms with E-state index in [1.165, 1.54) is 5.56 Å². The molecule has 0 saturated carbocycles. The van der Waals surface area contributed by atoms with Gasteiger partial charge in [0.15, 0.2) is 0 Å². The summed E-state index contributed by atoms with van der Waals surface area (Å²) < 4.78 is 11.7. The van der Waals surface area contributed by atoms with Crippen LogP contribution in [-0.4, -0.2) is 25.8 Å². The molecule has 0 aliphatic carbocycles. The topological polar surface area (TPSA) is 47.7 Å². The Labute approximate surface area is 137 Å². The second-order valence-corrected chi connectivity index (χ2v) is 6.12. The number of hydrogen-bond donors (Lipinski definition) is 1. The van der Waals surface area contributed by atoms with Gasteiger partial charge in [-0.25, -0.2) is 0 Å². The zero-order valence-corrected chi connectivity index (χ0v) is 13.8. The standard InChI is InChI=1S/C19H24N2O2/c1-14-4-7-17(8-5-14)22-11-3-10-21-13-15(2)23-19-12-16(20)6-9-18(19)21/h4-9,12,15H,3,10-11,13,20H2,1-2H3. The molecule has 1 heterocycles. The van der Waals surface area contributed by atoms with Crippen LogP contribution in [0.2, 0.25) is 0 Å². The molecule has 23 heavy (non-hydrogen) atoms. The van der Waals surface area contributed by atoms with E-state index in [9.17, 15) is 0 Å². The fourth-order valence-corrected chi connectivity index (χ4v) is 2.84. The summed E-state index contributed by atoms with van der Waals surface area (Å²) in [5.74, 6) is 1.81. The lowest BCUT2D eigenvalue weighted by Crippen LogP contribution is -2.39. The minimum Gasteiger partial charge on any atom is -0.494 e. The SMILES string of the molecule is Cc1ccc(OCCCN2CC(C)Oc3cc(N)ccc32)cc1. The number of benzene rings is 2. The number of anilines is 2. The number of hydrogen-bond acceptors (Lipinski definition) is 4. The molecule has 1 aliphatic rings. The summed E-state index contributed by atoms with van der Waals surface area (Å²) in [5.41, 5.74) is 8.95. The van der Waals surface area contributed by atoms with Crippen LogP contribution in [0.15, 0.2) is 42.5 Å². The molecular formula is C19H24N2O2. The van der Waals surface area contributed by atoms with E-state index in [2.05, 4.69) is 30.9 Å². The Morgan fingerprint density at radius 2 is 2.00 bits per heavy atom. The molecule has 2 aromatic rings. The minimum absolute atomic E-state index is 0.169. The van der Waals surface area contributed by atoms with Gasteiger partial charge in [-0.3, -0.25) is 0 Å². The minimum atomic E-state index is 0.169. The van der Waals surface area contributed by atoms with Crippen molar-refractivity contribution in [3.63, 3.8) is 0 Å². The summed E-state index contributed by atoms with van der Waals surface area (Å²) in [6.45, 7) is 6.70. The van der Waals surface area contributed by atoms with Crippen LogP contribution < -0.4 is 20.1 Å². The molecule has 0 aromatic heterocycles. The zero-order valence-electron chi connectivity index (χ0n) is 13.8. The first-order valence-electron chi connectivity index (χ1n) is 8.12. The molecule has 2 N–H and O–H groups in total. The van der Waals surface area contributed by atoms with Gasteiger partial charge in [-0.1, -0.05) is 17.7 Å². The number of nitrogens with zero attached hydrogens (tertiary/aromatic N) is 1. The normalized spacial score (nSPS) is 16.6. The van der Waals surface area contributed by atoms with Gasteiger partial charge in [0.2, 0.25) is 0 Å². The maximum absolute atomic E-state index is 5.88. The number of ether oxygens (including phenoxy) is 2. The van der Waals surface area contributed by atoms with E-state index in [0.29, 0.717) is 6.61 Å². The first kappa shape index (κ1) is 15.5. The Hall–Kier alpha value is -2.36. The van der Waals surface area contributed by atoms with Crippen LogP contribution in [0.25, 0.3) is 0 Å². The third-order valence-electron chi connectivity index (χ3n) is 3.99. The quantitative estimate of drug-likeness (QED) is 0.676. The third-order valence-corrected chi connectivity index (χ3v) is 3.99. The van der Waals surface area contributed by atoms with Gasteiger partial charge in [0.25, 0.3) is 0 Å². The molecule has 1 unspecified atom stereocenters. The van der Waals surface area contributed by atoms with E-state index in [1.807, 2.05) is 30.3 Å². The molecule has 1 atom stereocenters. The van der Waals surface area contributed by atoms with Gasteiger partial charge in [0.05, 0.1) is 18.8 Å². The number of aryl methyl sites for hydroxylation is 1. The highest BCUT2D eigenvalue weighted by Gasteiger charge is 2.22. The van der Waals surface area contributed by atoms with Crippen molar-refractivity contribution in [2.45, 2.75) is 26.4 Å². The van der Waals surface area contributed by atoms with Crippen molar-refractivity contribution in [1.82, 2.24) is 0 Å². The van der Waals surface area contributed by atoms with E-state index in [1.54, 1.807) is 0 Å². The average molecular weight is 312 g/mol. The predicted octanol–water partition coefficient (Wildman–Crippen LogP) is 3.63. The van der Waals surface area contributed by atoms with Crippen molar-refractivity contribution >= 4 is 11.4 Å². The number of nitrogen functional groups attached to an aromatic ring is 1. The van der Waals surface area contributed by atoms with Crippen molar-refractivity contribution in [3.8, 4) is 11.5 Å². The molecule has 3 rings (SSSR count). The van der Waals surface area contributed by atoms with Gasteiger partial charge in [0, 0.05) is 18.3 Å². The summed E-state index contributed by atoms with van der Waals surface area (Å²) in [6, 6.07) is 14.0. The van der Waals surface area contributed by atoms with E-state index >= 15 is 0 Å². The second-order valence-electron chi connectivity index (χ2n) is 6.12. The van der Waals surface area contributed by atoms with E-state index in [-0.39, 0.29) is 6.10 Å². The van der Waals surface area contributed by atoms with Gasteiger partial charge in [0.1, 0.15) is 17.6 Å². The summed E-state index contributed by atoms with van der Waals surface area (Å²) in [5, 5.41) is 0. The number of rotatable bonds is 5. The largest absolute Gasteiger partial charge is 0.494 e. The van der Waals surface area contributed by atoms with E-state index < -0.39 is 0 Å². The van der Waals surface area contributed by atoms with Crippen LogP contribution >= 0.6 is 0 Å². The molecule has 122 valence electrons. The van der Waals surface area contributed by atoms with Crippen LogP contribution in [0.5, 0.6) is 11.5 Å².